The van der Waals surface area contributed by atoms with Crippen molar-refractivity contribution in [3.05, 3.63) is 16.3 Å². The lowest BCUT2D eigenvalue weighted by molar-refractivity contribution is -0.384. The fraction of sp³-hybridized carbons (Fsp3) is 0.636. The van der Waals surface area contributed by atoms with Gasteiger partial charge in [0.25, 0.3) is 0 Å². The Labute approximate surface area is 111 Å². The van der Waals surface area contributed by atoms with Crippen LogP contribution in [0.1, 0.15) is 6.92 Å². The molecule has 0 saturated carbocycles. The van der Waals surface area contributed by atoms with Crippen LogP contribution in [-0.2, 0) is 0 Å². The van der Waals surface area contributed by atoms with Gasteiger partial charge in [0, 0.05) is 32.7 Å². The smallest absolute Gasteiger partial charge is 0.329 e. The number of hydrogen-bond acceptors (Lipinski definition) is 7. The molecular weight excluding hydrogens is 248 g/mol. The predicted molar refractivity (Wildman–Crippen MR) is 72.5 cm³/mol. The van der Waals surface area contributed by atoms with E-state index in [1.165, 1.54) is 6.20 Å². The highest BCUT2D eigenvalue weighted by atomic mass is 16.6. The van der Waals surface area contributed by atoms with Gasteiger partial charge < -0.3 is 15.1 Å². The van der Waals surface area contributed by atoms with Gasteiger partial charge in [-0.3, -0.25) is 10.1 Å². The van der Waals surface area contributed by atoms with E-state index in [0.717, 1.165) is 19.6 Å². The summed E-state index contributed by atoms with van der Waals surface area (Å²) in [5, 5.41) is 13.9. The van der Waals surface area contributed by atoms with E-state index in [9.17, 15) is 10.1 Å². The highest BCUT2D eigenvalue weighted by Gasteiger charge is 2.29. The van der Waals surface area contributed by atoms with Crippen LogP contribution in [0.2, 0.25) is 0 Å². The fourth-order valence-electron chi connectivity index (χ4n) is 2.28. The van der Waals surface area contributed by atoms with Crippen molar-refractivity contribution >= 4 is 17.5 Å². The number of nitro groups is 1. The number of likely N-dealkylation sites (N-methyl/N-ethyl adjacent to an activating group) is 1. The summed E-state index contributed by atoms with van der Waals surface area (Å²) in [6.45, 7) is 4.48. The molecule has 0 spiro atoms. The molecule has 2 rings (SSSR count). The molecule has 1 aliphatic heterocycles. The van der Waals surface area contributed by atoms with Crippen molar-refractivity contribution in [1.29, 1.82) is 0 Å². The molecule has 19 heavy (non-hydrogen) atoms. The second-order valence-corrected chi connectivity index (χ2v) is 4.71. The van der Waals surface area contributed by atoms with Crippen molar-refractivity contribution in [3.8, 4) is 0 Å². The van der Waals surface area contributed by atoms with E-state index >= 15 is 0 Å². The minimum Gasteiger partial charge on any atom is -0.357 e. The van der Waals surface area contributed by atoms with Crippen molar-refractivity contribution in [3.63, 3.8) is 0 Å². The van der Waals surface area contributed by atoms with E-state index in [1.807, 2.05) is 18.9 Å². The van der Waals surface area contributed by atoms with Crippen LogP contribution in [0.3, 0.4) is 0 Å². The number of hydrogen-bond donors (Lipinski definition) is 1. The first-order valence-corrected chi connectivity index (χ1v) is 6.17. The van der Waals surface area contributed by atoms with Crippen LogP contribution in [0.25, 0.3) is 0 Å². The molecule has 0 bridgehead atoms. The standard InChI is InChI=1S/C11H18N6O2/c1-8-7-15(3)4-5-16(8)10-9(17(18)19)6-13-11(12-2)14-10/h6,8H,4-5,7H2,1-3H3,(H,12,13,14). The first-order valence-electron chi connectivity index (χ1n) is 6.17. The van der Waals surface area contributed by atoms with Crippen LogP contribution in [0.4, 0.5) is 17.5 Å². The van der Waals surface area contributed by atoms with Crippen LogP contribution in [0, 0.1) is 10.1 Å². The Morgan fingerprint density at radius 2 is 2.26 bits per heavy atom. The summed E-state index contributed by atoms with van der Waals surface area (Å²) in [4.78, 5) is 23.0. The maximum atomic E-state index is 11.1. The Bertz CT molecular complexity index is 480. The molecule has 1 aromatic rings. The number of nitrogens with zero attached hydrogens (tertiary/aromatic N) is 5. The Balaban J connectivity index is 2.38. The molecule has 1 N–H and O–H groups in total. The Hall–Kier alpha value is -1.96. The molecule has 1 saturated heterocycles. The molecule has 1 unspecified atom stereocenters. The van der Waals surface area contributed by atoms with Gasteiger partial charge in [-0.05, 0) is 14.0 Å². The van der Waals surface area contributed by atoms with Crippen LogP contribution in [0.15, 0.2) is 6.20 Å². The lowest BCUT2D eigenvalue weighted by Crippen LogP contribution is -2.51. The van der Waals surface area contributed by atoms with Crippen LogP contribution in [-0.4, -0.2) is 59.6 Å². The second-order valence-electron chi connectivity index (χ2n) is 4.71. The van der Waals surface area contributed by atoms with E-state index in [4.69, 9.17) is 0 Å². The van der Waals surface area contributed by atoms with Gasteiger partial charge in [-0.2, -0.15) is 4.98 Å². The summed E-state index contributed by atoms with van der Waals surface area (Å²) < 4.78 is 0. The molecule has 0 aromatic carbocycles. The normalized spacial score (nSPS) is 20.4. The Kier molecular flexibility index (Phi) is 3.79. The van der Waals surface area contributed by atoms with Crippen LogP contribution >= 0.6 is 0 Å². The monoisotopic (exact) mass is 266 g/mol. The maximum Gasteiger partial charge on any atom is 0.329 e. The number of anilines is 2. The molecule has 1 aliphatic rings. The lowest BCUT2D eigenvalue weighted by Gasteiger charge is -2.38. The zero-order valence-corrected chi connectivity index (χ0v) is 11.3. The molecule has 0 aliphatic carbocycles. The van der Waals surface area contributed by atoms with Crippen molar-refractivity contribution in [2.75, 3.05) is 43.9 Å². The molecule has 1 fully saturated rings. The van der Waals surface area contributed by atoms with E-state index in [2.05, 4.69) is 20.2 Å². The third-order valence-corrected chi connectivity index (χ3v) is 3.27. The SMILES string of the molecule is CNc1ncc([N+](=O)[O-])c(N2CCN(C)CC2C)n1. The Morgan fingerprint density at radius 1 is 1.53 bits per heavy atom. The number of aromatic nitrogens is 2. The third-order valence-electron chi connectivity index (χ3n) is 3.27. The first-order chi connectivity index (χ1) is 9.02. The van der Waals surface area contributed by atoms with Crippen molar-refractivity contribution in [2.45, 2.75) is 13.0 Å². The predicted octanol–water partition coefficient (Wildman–Crippen LogP) is 0.567. The molecule has 8 heteroatoms. The van der Waals surface area contributed by atoms with Crippen molar-refractivity contribution in [1.82, 2.24) is 14.9 Å². The molecule has 1 aromatic heterocycles. The summed E-state index contributed by atoms with van der Waals surface area (Å²) in [5.74, 6) is 0.789. The number of nitrogens with one attached hydrogen (secondary N) is 1. The van der Waals surface area contributed by atoms with Crippen molar-refractivity contribution in [2.24, 2.45) is 0 Å². The minimum atomic E-state index is -0.431. The average molecular weight is 266 g/mol. The topological polar surface area (TPSA) is 87.4 Å². The quantitative estimate of drug-likeness (QED) is 0.632. The van der Waals surface area contributed by atoms with Crippen LogP contribution < -0.4 is 10.2 Å². The number of piperazine rings is 1. The second kappa shape index (κ2) is 5.35. The van der Waals surface area contributed by atoms with Crippen molar-refractivity contribution < 1.29 is 4.92 Å². The van der Waals surface area contributed by atoms with Gasteiger partial charge in [-0.1, -0.05) is 0 Å². The largest absolute Gasteiger partial charge is 0.357 e. The summed E-state index contributed by atoms with van der Waals surface area (Å²) in [7, 11) is 3.74. The molecule has 0 radical (unpaired) electrons. The van der Waals surface area contributed by atoms with E-state index in [1.54, 1.807) is 7.05 Å². The zero-order valence-electron chi connectivity index (χ0n) is 11.3. The summed E-state index contributed by atoms with van der Waals surface area (Å²) in [6, 6.07) is 0.178. The van der Waals surface area contributed by atoms with E-state index in [-0.39, 0.29) is 11.7 Å². The average Bonchev–Trinajstić information content (AvgIpc) is 2.38. The first kappa shape index (κ1) is 13.5. The summed E-state index contributed by atoms with van der Waals surface area (Å²) in [6.07, 6.45) is 1.26. The molecule has 104 valence electrons. The van der Waals surface area contributed by atoms with Gasteiger partial charge in [0.15, 0.2) is 0 Å². The highest BCUT2D eigenvalue weighted by molar-refractivity contribution is 5.59. The molecule has 0 amide bonds. The minimum absolute atomic E-state index is 0.0459. The maximum absolute atomic E-state index is 11.1. The molecule has 8 nitrogen and oxygen atoms in total. The van der Waals surface area contributed by atoms with Gasteiger partial charge in [0.2, 0.25) is 11.8 Å². The van der Waals surface area contributed by atoms with Gasteiger partial charge >= 0.3 is 5.69 Å². The molecule has 1 atom stereocenters. The van der Waals surface area contributed by atoms with Gasteiger partial charge in [0.05, 0.1) is 4.92 Å². The van der Waals surface area contributed by atoms with E-state index < -0.39 is 4.92 Å². The third kappa shape index (κ3) is 2.73. The van der Waals surface area contributed by atoms with Crippen LogP contribution in [0.5, 0.6) is 0 Å². The summed E-state index contributed by atoms with van der Waals surface area (Å²) in [5.41, 5.74) is -0.0459. The number of rotatable bonds is 3. The van der Waals surface area contributed by atoms with Gasteiger partial charge in [0.1, 0.15) is 6.20 Å². The highest BCUT2D eigenvalue weighted by Crippen LogP contribution is 2.28. The fourth-order valence-corrected chi connectivity index (χ4v) is 2.28. The van der Waals surface area contributed by atoms with Gasteiger partial charge in [-0.25, -0.2) is 4.98 Å². The zero-order chi connectivity index (χ0) is 14.0. The van der Waals surface area contributed by atoms with E-state index in [0.29, 0.717) is 11.8 Å². The van der Waals surface area contributed by atoms with Gasteiger partial charge in [-0.15, -0.1) is 0 Å². The lowest BCUT2D eigenvalue weighted by atomic mass is 10.2. The Morgan fingerprint density at radius 3 is 2.84 bits per heavy atom. The molecule has 2 heterocycles. The molecular formula is C11H18N6O2. The summed E-state index contributed by atoms with van der Waals surface area (Å²) >= 11 is 0.